The number of benzene rings is 1. The molecule has 0 fully saturated rings. The molecule has 17 heavy (non-hydrogen) atoms. The molecule has 0 heterocycles. The van der Waals surface area contributed by atoms with Crippen molar-refractivity contribution in [2.24, 2.45) is 0 Å². The lowest BCUT2D eigenvalue weighted by Crippen LogP contribution is -2.24. The maximum Gasteiger partial charge on any atom is 0.181 e. The fourth-order valence-electron chi connectivity index (χ4n) is 2.21. The van der Waals surface area contributed by atoms with Crippen LogP contribution >= 0.6 is 0 Å². The van der Waals surface area contributed by atoms with Gasteiger partial charge in [0.05, 0.1) is 10.1 Å². The molecule has 0 bridgehead atoms. The van der Waals surface area contributed by atoms with Gasteiger partial charge in [0.2, 0.25) is 0 Å². The summed E-state index contributed by atoms with van der Waals surface area (Å²) in [7, 11) is -3.23. The van der Waals surface area contributed by atoms with Crippen LogP contribution in [-0.2, 0) is 9.84 Å². The lowest BCUT2D eigenvalue weighted by molar-refractivity contribution is 0.573. The fourth-order valence-corrected chi connectivity index (χ4v) is 4.05. The number of hydrogen-bond donors (Lipinski definition) is 0. The van der Waals surface area contributed by atoms with E-state index < -0.39 is 9.84 Å². The highest BCUT2D eigenvalue weighted by molar-refractivity contribution is 7.92. The third-order valence-corrected chi connectivity index (χ3v) is 5.14. The van der Waals surface area contributed by atoms with E-state index in [2.05, 4.69) is 6.58 Å². The van der Waals surface area contributed by atoms with E-state index in [-0.39, 0.29) is 5.25 Å². The molecular formula is C14H16O2S. The second kappa shape index (κ2) is 4.49. The van der Waals surface area contributed by atoms with Crippen LogP contribution in [0.4, 0.5) is 0 Å². The molecule has 0 saturated heterocycles. The highest BCUT2D eigenvalue weighted by Crippen LogP contribution is 2.30. The van der Waals surface area contributed by atoms with Crippen molar-refractivity contribution in [3.8, 4) is 0 Å². The van der Waals surface area contributed by atoms with Gasteiger partial charge in [0.1, 0.15) is 0 Å². The highest BCUT2D eigenvalue weighted by atomic mass is 32.2. The van der Waals surface area contributed by atoms with Crippen molar-refractivity contribution in [3.05, 3.63) is 54.1 Å². The SMILES string of the molecule is C=C1C=C(C)CC(S(=O)(=O)c2ccccc2)C1. The zero-order valence-electron chi connectivity index (χ0n) is 9.89. The summed E-state index contributed by atoms with van der Waals surface area (Å²) in [5, 5.41) is -0.359. The Morgan fingerprint density at radius 2 is 1.82 bits per heavy atom. The Labute approximate surface area is 103 Å². The Bertz CT molecular complexity index is 553. The zero-order chi connectivity index (χ0) is 12.5. The normalized spacial score (nSPS) is 21.1. The van der Waals surface area contributed by atoms with Crippen LogP contribution in [0.15, 0.2) is 59.0 Å². The number of hydrogen-bond acceptors (Lipinski definition) is 2. The van der Waals surface area contributed by atoms with Crippen LogP contribution in [0, 0.1) is 0 Å². The van der Waals surface area contributed by atoms with E-state index >= 15 is 0 Å². The van der Waals surface area contributed by atoms with E-state index in [0.717, 1.165) is 11.1 Å². The molecule has 1 aliphatic rings. The molecule has 0 radical (unpaired) electrons. The molecule has 1 unspecified atom stereocenters. The van der Waals surface area contributed by atoms with Crippen molar-refractivity contribution in [2.45, 2.75) is 29.9 Å². The largest absolute Gasteiger partial charge is 0.223 e. The molecule has 0 N–H and O–H groups in total. The predicted octanol–water partition coefficient (Wildman–Crippen LogP) is 3.13. The molecular weight excluding hydrogens is 232 g/mol. The van der Waals surface area contributed by atoms with Gasteiger partial charge in [-0.1, -0.05) is 42.0 Å². The minimum absolute atomic E-state index is 0.359. The van der Waals surface area contributed by atoms with Crippen molar-refractivity contribution in [1.29, 1.82) is 0 Å². The Kier molecular flexibility index (Phi) is 3.20. The van der Waals surface area contributed by atoms with Crippen LogP contribution in [0.5, 0.6) is 0 Å². The molecule has 1 aliphatic carbocycles. The van der Waals surface area contributed by atoms with Crippen LogP contribution in [0.1, 0.15) is 19.8 Å². The molecule has 1 aromatic rings. The predicted molar refractivity (Wildman–Crippen MR) is 69.5 cm³/mol. The summed E-state index contributed by atoms with van der Waals surface area (Å²) in [5.74, 6) is 0. The van der Waals surface area contributed by atoms with Gasteiger partial charge in [-0.15, -0.1) is 0 Å². The summed E-state index contributed by atoms with van der Waals surface area (Å²) in [5.41, 5.74) is 1.99. The molecule has 90 valence electrons. The standard InChI is InChI=1S/C14H16O2S/c1-11-8-12(2)10-14(9-11)17(15,16)13-6-4-3-5-7-13/h3-8,14H,1,9-10H2,2H3. The van der Waals surface area contributed by atoms with Gasteiger partial charge in [0.25, 0.3) is 0 Å². The highest BCUT2D eigenvalue weighted by Gasteiger charge is 2.29. The van der Waals surface area contributed by atoms with Gasteiger partial charge in [0, 0.05) is 0 Å². The summed E-state index contributed by atoms with van der Waals surface area (Å²) in [4.78, 5) is 0.410. The molecule has 3 heteroatoms. The summed E-state index contributed by atoms with van der Waals surface area (Å²) < 4.78 is 24.8. The van der Waals surface area contributed by atoms with Gasteiger partial charge in [-0.05, 0) is 31.9 Å². The van der Waals surface area contributed by atoms with Crippen molar-refractivity contribution >= 4 is 9.84 Å². The number of allylic oxidation sites excluding steroid dienone is 3. The number of rotatable bonds is 2. The first-order valence-corrected chi connectivity index (χ1v) is 7.18. The van der Waals surface area contributed by atoms with Crippen molar-refractivity contribution in [3.63, 3.8) is 0 Å². The first-order chi connectivity index (χ1) is 8.00. The van der Waals surface area contributed by atoms with E-state index in [0.29, 0.717) is 17.7 Å². The van der Waals surface area contributed by atoms with Crippen LogP contribution < -0.4 is 0 Å². The fraction of sp³-hybridized carbons (Fsp3) is 0.286. The van der Waals surface area contributed by atoms with Crippen LogP contribution in [0.2, 0.25) is 0 Å². The van der Waals surface area contributed by atoms with Gasteiger partial charge in [0.15, 0.2) is 9.84 Å². The zero-order valence-corrected chi connectivity index (χ0v) is 10.7. The second-order valence-electron chi connectivity index (χ2n) is 4.54. The Morgan fingerprint density at radius 3 is 2.41 bits per heavy atom. The average Bonchev–Trinajstić information content (AvgIpc) is 2.29. The Balaban J connectivity index is 2.35. The van der Waals surface area contributed by atoms with Gasteiger partial charge in [-0.3, -0.25) is 0 Å². The van der Waals surface area contributed by atoms with E-state index in [1.807, 2.05) is 19.1 Å². The summed E-state index contributed by atoms with van der Waals surface area (Å²) in [6.45, 7) is 5.84. The van der Waals surface area contributed by atoms with Gasteiger partial charge in [-0.2, -0.15) is 0 Å². The topological polar surface area (TPSA) is 34.1 Å². The lowest BCUT2D eigenvalue weighted by Gasteiger charge is -2.22. The first kappa shape index (κ1) is 12.1. The minimum Gasteiger partial charge on any atom is -0.223 e. The molecule has 0 aromatic heterocycles. The van der Waals surface area contributed by atoms with E-state index in [1.165, 1.54) is 0 Å². The average molecular weight is 248 g/mol. The summed E-state index contributed by atoms with van der Waals surface area (Å²) in [6, 6.07) is 8.65. The van der Waals surface area contributed by atoms with E-state index in [9.17, 15) is 8.42 Å². The molecule has 0 saturated carbocycles. The quantitative estimate of drug-likeness (QED) is 0.805. The van der Waals surface area contributed by atoms with Gasteiger partial charge in [-0.25, -0.2) is 8.42 Å². The van der Waals surface area contributed by atoms with Crippen LogP contribution in [0.25, 0.3) is 0 Å². The molecule has 2 rings (SSSR count). The monoisotopic (exact) mass is 248 g/mol. The third-order valence-electron chi connectivity index (χ3n) is 3.00. The molecule has 2 nitrogen and oxygen atoms in total. The Morgan fingerprint density at radius 1 is 1.18 bits per heavy atom. The van der Waals surface area contributed by atoms with Gasteiger partial charge < -0.3 is 0 Å². The van der Waals surface area contributed by atoms with Crippen LogP contribution in [-0.4, -0.2) is 13.7 Å². The van der Waals surface area contributed by atoms with Crippen molar-refractivity contribution in [1.82, 2.24) is 0 Å². The molecule has 0 amide bonds. The smallest absolute Gasteiger partial charge is 0.181 e. The second-order valence-corrected chi connectivity index (χ2v) is 6.77. The maximum atomic E-state index is 12.4. The van der Waals surface area contributed by atoms with Crippen molar-refractivity contribution in [2.75, 3.05) is 0 Å². The number of sulfone groups is 1. The van der Waals surface area contributed by atoms with E-state index in [1.54, 1.807) is 24.3 Å². The third kappa shape index (κ3) is 2.50. The lowest BCUT2D eigenvalue weighted by atomic mass is 9.97. The Hall–Kier alpha value is -1.35. The molecule has 0 aliphatic heterocycles. The van der Waals surface area contributed by atoms with Crippen LogP contribution in [0.3, 0.4) is 0 Å². The van der Waals surface area contributed by atoms with Gasteiger partial charge >= 0.3 is 0 Å². The molecule has 1 atom stereocenters. The first-order valence-electron chi connectivity index (χ1n) is 5.64. The molecule has 0 spiro atoms. The molecule has 1 aromatic carbocycles. The summed E-state index contributed by atoms with van der Waals surface area (Å²) >= 11 is 0. The summed E-state index contributed by atoms with van der Waals surface area (Å²) in [6.07, 6.45) is 3.13. The van der Waals surface area contributed by atoms with E-state index in [4.69, 9.17) is 0 Å². The maximum absolute atomic E-state index is 12.4. The minimum atomic E-state index is -3.23. The van der Waals surface area contributed by atoms with Crippen molar-refractivity contribution < 1.29 is 8.42 Å².